The van der Waals surface area contributed by atoms with Crippen LogP contribution in [-0.2, 0) is 9.59 Å². The van der Waals surface area contributed by atoms with E-state index in [4.69, 9.17) is 0 Å². The lowest BCUT2D eigenvalue weighted by Crippen LogP contribution is -2.37. The van der Waals surface area contributed by atoms with Crippen molar-refractivity contribution in [3.05, 3.63) is 23.8 Å². The van der Waals surface area contributed by atoms with Gasteiger partial charge in [-0.15, -0.1) is 0 Å². The minimum Gasteiger partial charge on any atom is -0.349 e. The molecule has 6 heteroatoms. The Kier molecular flexibility index (Phi) is 12.2. The summed E-state index contributed by atoms with van der Waals surface area (Å²) >= 11 is 0. The maximum atomic E-state index is 13.6. The Bertz CT molecular complexity index is 1070. The second-order valence-corrected chi connectivity index (χ2v) is 16.9. The number of rotatable bonds is 9. The van der Waals surface area contributed by atoms with Crippen molar-refractivity contribution in [3.63, 3.8) is 0 Å². The molecule has 0 radical (unpaired) electrons. The maximum absolute atomic E-state index is 13.6. The predicted molar refractivity (Wildman–Crippen MR) is 186 cm³/mol. The number of carbonyl (C=O) groups excluding carboxylic acids is 3. The molecule has 3 saturated carbocycles. The summed E-state index contributed by atoms with van der Waals surface area (Å²) in [4.78, 5) is 40.4. The largest absolute Gasteiger partial charge is 0.349 e. The third-order valence-electron chi connectivity index (χ3n) is 11.5. The fraction of sp³-hybridized carbons (Fsp3) is 0.769. The van der Waals surface area contributed by atoms with Crippen molar-refractivity contribution in [3.8, 4) is 0 Å². The Morgan fingerprint density at radius 3 is 1.49 bits per heavy atom. The van der Waals surface area contributed by atoms with Crippen molar-refractivity contribution >= 4 is 29.1 Å². The highest BCUT2D eigenvalue weighted by Crippen LogP contribution is 2.41. The second-order valence-electron chi connectivity index (χ2n) is 16.9. The van der Waals surface area contributed by atoms with E-state index in [1.165, 1.54) is 19.3 Å². The molecule has 3 aliphatic rings. The van der Waals surface area contributed by atoms with Crippen LogP contribution in [-0.4, -0.2) is 23.8 Å². The molecule has 3 fully saturated rings. The molecule has 252 valence electrons. The Morgan fingerprint density at radius 2 is 1.09 bits per heavy atom. The molecular formula is C39H63N3O3. The van der Waals surface area contributed by atoms with Gasteiger partial charge in [0.2, 0.25) is 11.8 Å². The third-order valence-corrected chi connectivity index (χ3v) is 11.5. The minimum atomic E-state index is -0.130. The third kappa shape index (κ3) is 10.3. The van der Waals surface area contributed by atoms with Gasteiger partial charge in [0.05, 0.1) is 0 Å². The van der Waals surface area contributed by atoms with E-state index in [1.807, 2.05) is 6.07 Å². The lowest BCUT2D eigenvalue weighted by Gasteiger charge is -2.36. The fourth-order valence-corrected chi connectivity index (χ4v) is 8.19. The molecule has 3 amide bonds. The zero-order valence-corrected chi connectivity index (χ0v) is 29.5. The van der Waals surface area contributed by atoms with Crippen LogP contribution in [0, 0.1) is 40.4 Å². The molecule has 1 aromatic carbocycles. The summed E-state index contributed by atoms with van der Waals surface area (Å²) in [5.41, 5.74) is 2.18. The molecule has 6 nitrogen and oxygen atoms in total. The molecule has 0 heterocycles. The van der Waals surface area contributed by atoms with E-state index in [1.54, 1.807) is 12.1 Å². The van der Waals surface area contributed by atoms with Crippen LogP contribution in [0.15, 0.2) is 18.2 Å². The highest BCUT2D eigenvalue weighted by Gasteiger charge is 2.34. The summed E-state index contributed by atoms with van der Waals surface area (Å²) in [7, 11) is 0. The summed E-state index contributed by atoms with van der Waals surface area (Å²) in [6.45, 7) is 16.0. The Balaban J connectivity index is 1.44. The van der Waals surface area contributed by atoms with Gasteiger partial charge in [-0.05, 0) is 124 Å². The van der Waals surface area contributed by atoms with Crippen molar-refractivity contribution < 1.29 is 14.4 Å². The van der Waals surface area contributed by atoms with Gasteiger partial charge in [-0.25, -0.2) is 0 Å². The summed E-state index contributed by atoms with van der Waals surface area (Å²) in [6, 6.07) is 5.56. The summed E-state index contributed by atoms with van der Waals surface area (Å²) in [6.07, 6.45) is 15.9. The minimum absolute atomic E-state index is 0.0168. The van der Waals surface area contributed by atoms with Crippen LogP contribution in [0.3, 0.4) is 0 Å². The van der Waals surface area contributed by atoms with E-state index in [-0.39, 0.29) is 46.4 Å². The SMILES string of the molecule is CCCCC1CCC(NC(=O)c2cc(NC(=O)C3CCC(C(C)(C)C)CC3)cc(NC(=O)C3CCC(C(C)(C)C)CC3)c2)CC1. The van der Waals surface area contributed by atoms with Gasteiger partial charge in [0, 0.05) is 34.8 Å². The molecule has 0 atom stereocenters. The first-order chi connectivity index (χ1) is 21.2. The van der Waals surface area contributed by atoms with Crippen LogP contribution in [0.4, 0.5) is 11.4 Å². The lowest BCUT2D eigenvalue weighted by molar-refractivity contribution is -0.122. The predicted octanol–water partition coefficient (Wildman–Crippen LogP) is 9.75. The van der Waals surface area contributed by atoms with Crippen LogP contribution >= 0.6 is 0 Å². The Labute approximate surface area is 274 Å². The Hall–Kier alpha value is -2.37. The molecule has 3 N–H and O–H groups in total. The van der Waals surface area contributed by atoms with E-state index in [0.717, 1.165) is 83.0 Å². The van der Waals surface area contributed by atoms with E-state index in [0.29, 0.717) is 28.8 Å². The number of carbonyl (C=O) groups is 3. The standard InChI is InChI=1S/C39H63N3O3/c1-8-9-10-26-11-21-32(22-12-26)40-37(45)29-23-33(41-35(43)27-13-17-30(18-14-27)38(2,3)4)25-34(24-29)42-36(44)28-15-19-31(20-16-28)39(5,6)7/h23-28,30-32H,8-22H2,1-7H3,(H,40,45)(H,41,43)(H,42,44). The first-order valence-electron chi connectivity index (χ1n) is 18.3. The zero-order chi connectivity index (χ0) is 32.8. The first-order valence-corrected chi connectivity index (χ1v) is 18.3. The number of hydrogen-bond acceptors (Lipinski definition) is 3. The molecule has 45 heavy (non-hydrogen) atoms. The normalized spacial score (nSPS) is 27.8. The first kappa shape index (κ1) is 35.5. The number of amides is 3. The maximum Gasteiger partial charge on any atom is 0.251 e. The fourth-order valence-electron chi connectivity index (χ4n) is 8.19. The van der Waals surface area contributed by atoms with Gasteiger partial charge in [0.1, 0.15) is 0 Å². The molecule has 3 aliphatic carbocycles. The van der Waals surface area contributed by atoms with Crippen molar-refractivity contribution in [1.29, 1.82) is 0 Å². The number of anilines is 2. The van der Waals surface area contributed by atoms with Crippen LogP contribution in [0.25, 0.3) is 0 Å². The molecule has 4 rings (SSSR count). The van der Waals surface area contributed by atoms with Crippen LogP contribution in [0.1, 0.15) is 155 Å². The quantitative estimate of drug-likeness (QED) is 0.256. The van der Waals surface area contributed by atoms with Crippen molar-refractivity contribution in [2.45, 2.75) is 151 Å². The van der Waals surface area contributed by atoms with Gasteiger partial charge in [0.25, 0.3) is 5.91 Å². The average molecular weight is 622 g/mol. The smallest absolute Gasteiger partial charge is 0.251 e. The van der Waals surface area contributed by atoms with Gasteiger partial charge in [-0.2, -0.15) is 0 Å². The molecule has 0 unspecified atom stereocenters. The van der Waals surface area contributed by atoms with Crippen molar-refractivity contribution in [2.24, 2.45) is 40.4 Å². The van der Waals surface area contributed by atoms with Gasteiger partial charge in [-0.3, -0.25) is 14.4 Å². The summed E-state index contributed by atoms with van der Waals surface area (Å²) in [5.74, 6) is 1.89. The second kappa shape index (κ2) is 15.5. The molecule has 0 aromatic heterocycles. The molecule has 0 aliphatic heterocycles. The molecule has 0 spiro atoms. The van der Waals surface area contributed by atoms with Crippen molar-refractivity contribution in [2.75, 3.05) is 10.6 Å². The topological polar surface area (TPSA) is 87.3 Å². The number of hydrogen-bond donors (Lipinski definition) is 3. The van der Waals surface area contributed by atoms with Crippen LogP contribution in [0.2, 0.25) is 0 Å². The van der Waals surface area contributed by atoms with Crippen molar-refractivity contribution in [1.82, 2.24) is 5.32 Å². The van der Waals surface area contributed by atoms with Gasteiger partial charge in [0.15, 0.2) is 0 Å². The summed E-state index contributed by atoms with van der Waals surface area (Å²) < 4.78 is 0. The number of unbranched alkanes of at least 4 members (excludes halogenated alkanes) is 1. The lowest BCUT2D eigenvalue weighted by atomic mass is 9.69. The van der Waals surface area contributed by atoms with Gasteiger partial charge in [-0.1, -0.05) is 67.7 Å². The number of nitrogens with one attached hydrogen (secondary N) is 3. The molecule has 0 bridgehead atoms. The van der Waals surface area contributed by atoms with Gasteiger partial charge >= 0.3 is 0 Å². The van der Waals surface area contributed by atoms with E-state index >= 15 is 0 Å². The average Bonchev–Trinajstić information content (AvgIpc) is 3.00. The van der Waals surface area contributed by atoms with Crippen LogP contribution in [0.5, 0.6) is 0 Å². The Morgan fingerprint density at radius 1 is 0.644 bits per heavy atom. The molecule has 0 saturated heterocycles. The highest BCUT2D eigenvalue weighted by atomic mass is 16.2. The van der Waals surface area contributed by atoms with Gasteiger partial charge < -0.3 is 16.0 Å². The zero-order valence-electron chi connectivity index (χ0n) is 29.5. The molecular weight excluding hydrogens is 558 g/mol. The number of benzene rings is 1. The monoisotopic (exact) mass is 621 g/mol. The molecule has 1 aromatic rings. The van der Waals surface area contributed by atoms with E-state index in [2.05, 4.69) is 64.4 Å². The van der Waals surface area contributed by atoms with E-state index < -0.39 is 0 Å². The van der Waals surface area contributed by atoms with E-state index in [9.17, 15) is 14.4 Å². The van der Waals surface area contributed by atoms with Crippen LogP contribution < -0.4 is 16.0 Å². The highest BCUT2D eigenvalue weighted by molar-refractivity contribution is 6.01. The summed E-state index contributed by atoms with van der Waals surface area (Å²) in [5, 5.41) is 9.54.